The lowest BCUT2D eigenvalue weighted by molar-refractivity contribution is 0.116. The predicted molar refractivity (Wildman–Crippen MR) is 78.0 cm³/mol. The summed E-state index contributed by atoms with van der Waals surface area (Å²) in [5.41, 5.74) is 0.388. The van der Waals surface area contributed by atoms with Crippen LogP contribution in [0.4, 0.5) is 0 Å². The summed E-state index contributed by atoms with van der Waals surface area (Å²) in [7, 11) is 2.71. The van der Waals surface area contributed by atoms with Crippen molar-refractivity contribution < 1.29 is 13.3 Å². The van der Waals surface area contributed by atoms with Crippen molar-refractivity contribution in [2.45, 2.75) is 50.6 Å². The lowest BCUT2D eigenvalue weighted by Gasteiger charge is -2.24. The van der Waals surface area contributed by atoms with E-state index < -0.39 is 8.80 Å². The first-order valence-electron chi connectivity index (χ1n) is 7.65. The van der Waals surface area contributed by atoms with Gasteiger partial charge in [-0.2, -0.15) is 0 Å². The van der Waals surface area contributed by atoms with Crippen LogP contribution in [-0.2, 0) is 13.3 Å². The van der Waals surface area contributed by atoms with Gasteiger partial charge in [-0.15, -0.1) is 0 Å². The molecule has 4 nitrogen and oxygen atoms in total. The van der Waals surface area contributed by atoms with E-state index in [1.165, 1.54) is 51.5 Å². The third kappa shape index (κ3) is 3.79. The Morgan fingerprint density at radius 1 is 1.00 bits per heavy atom. The maximum atomic E-state index is 5.54. The van der Waals surface area contributed by atoms with Gasteiger partial charge >= 0.3 is 8.80 Å². The van der Waals surface area contributed by atoms with Gasteiger partial charge in [-0.25, -0.2) is 0 Å². The van der Waals surface area contributed by atoms with E-state index in [1.54, 1.807) is 21.3 Å². The molecule has 1 saturated carbocycles. The van der Waals surface area contributed by atoms with Gasteiger partial charge in [0, 0.05) is 27.9 Å². The van der Waals surface area contributed by atoms with Gasteiger partial charge in [-0.3, -0.25) is 4.90 Å². The lowest BCUT2D eigenvalue weighted by Crippen LogP contribution is -2.50. The number of rotatable bonds is 8. The summed E-state index contributed by atoms with van der Waals surface area (Å²) in [4.78, 5) is 2.45. The summed E-state index contributed by atoms with van der Waals surface area (Å²) in [5.74, 6) is 0.987. The van der Waals surface area contributed by atoms with Crippen molar-refractivity contribution in [3.05, 3.63) is 0 Å². The van der Waals surface area contributed by atoms with Gasteiger partial charge < -0.3 is 13.3 Å². The Bertz CT molecular complexity index is 259. The highest BCUT2D eigenvalue weighted by molar-refractivity contribution is 6.63. The van der Waals surface area contributed by atoms with E-state index in [9.17, 15) is 0 Å². The molecule has 112 valence electrons. The Kier molecular flexibility index (Phi) is 5.83. The molecule has 0 aromatic heterocycles. The van der Waals surface area contributed by atoms with Gasteiger partial charge in [0.05, 0.1) is 5.67 Å². The Hall–Kier alpha value is 0.0569. The molecule has 2 unspecified atom stereocenters. The molecule has 2 atom stereocenters. The lowest BCUT2D eigenvalue weighted by atomic mass is 9.86. The highest BCUT2D eigenvalue weighted by Gasteiger charge is 2.58. The predicted octanol–water partition coefficient (Wildman–Crippen LogP) is 2.45. The molecular formula is C14H29NO3Si. The highest BCUT2D eigenvalue weighted by atomic mass is 28.4. The molecule has 0 bridgehead atoms. The van der Waals surface area contributed by atoms with Crippen molar-refractivity contribution in [3.63, 3.8) is 0 Å². The van der Waals surface area contributed by atoms with Gasteiger partial charge in [0.15, 0.2) is 0 Å². The van der Waals surface area contributed by atoms with E-state index in [2.05, 4.69) is 4.90 Å². The van der Waals surface area contributed by atoms with Gasteiger partial charge in [0.1, 0.15) is 0 Å². The molecule has 0 aromatic carbocycles. The fourth-order valence-corrected chi connectivity index (χ4v) is 5.83. The van der Waals surface area contributed by atoms with Crippen molar-refractivity contribution in [2.24, 2.45) is 5.92 Å². The van der Waals surface area contributed by atoms with Crippen LogP contribution in [0.5, 0.6) is 0 Å². The van der Waals surface area contributed by atoms with E-state index in [0.717, 1.165) is 12.5 Å². The maximum absolute atomic E-state index is 5.54. The quantitative estimate of drug-likeness (QED) is 0.507. The molecule has 1 aliphatic heterocycles. The van der Waals surface area contributed by atoms with Gasteiger partial charge in [0.25, 0.3) is 0 Å². The summed E-state index contributed by atoms with van der Waals surface area (Å²) in [6.07, 6.45) is 9.96. The topological polar surface area (TPSA) is 30.7 Å². The third-order valence-corrected chi connectivity index (χ3v) is 7.83. The molecule has 2 aliphatic rings. The Morgan fingerprint density at radius 3 is 2.21 bits per heavy atom. The SMILES string of the molecule is CO[Si](OC)(OC)C1CN1CCCC1CCCCC1. The van der Waals surface area contributed by atoms with E-state index >= 15 is 0 Å². The van der Waals surface area contributed by atoms with Crippen molar-refractivity contribution >= 4 is 8.80 Å². The zero-order valence-electron chi connectivity index (χ0n) is 12.7. The average molecular weight is 287 g/mol. The van der Waals surface area contributed by atoms with Crippen LogP contribution >= 0.6 is 0 Å². The number of hydrogen-bond acceptors (Lipinski definition) is 4. The highest BCUT2D eigenvalue weighted by Crippen LogP contribution is 2.31. The Morgan fingerprint density at radius 2 is 1.63 bits per heavy atom. The summed E-state index contributed by atoms with van der Waals surface area (Å²) in [6, 6.07) is 0. The number of hydrogen-bond donors (Lipinski definition) is 0. The molecule has 0 amide bonds. The van der Waals surface area contributed by atoms with Gasteiger partial charge in [0.2, 0.25) is 0 Å². The van der Waals surface area contributed by atoms with E-state index in [1.807, 2.05) is 0 Å². The third-order valence-electron chi connectivity index (χ3n) is 4.76. The van der Waals surface area contributed by atoms with E-state index in [4.69, 9.17) is 13.3 Å². The molecule has 0 aromatic rings. The first-order chi connectivity index (χ1) is 9.25. The zero-order valence-corrected chi connectivity index (χ0v) is 13.7. The Labute approximate surface area is 118 Å². The smallest absolute Gasteiger partial charge is 0.376 e. The monoisotopic (exact) mass is 287 g/mol. The molecule has 1 aliphatic carbocycles. The van der Waals surface area contributed by atoms with E-state index in [0.29, 0.717) is 5.67 Å². The van der Waals surface area contributed by atoms with Gasteiger partial charge in [-0.1, -0.05) is 32.1 Å². The van der Waals surface area contributed by atoms with Crippen molar-refractivity contribution in [1.29, 1.82) is 0 Å². The van der Waals surface area contributed by atoms with Crippen LogP contribution < -0.4 is 0 Å². The first-order valence-corrected chi connectivity index (χ1v) is 9.45. The number of nitrogens with zero attached hydrogens (tertiary/aromatic N) is 1. The minimum Gasteiger partial charge on any atom is -0.376 e. The molecule has 1 heterocycles. The van der Waals surface area contributed by atoms with Crippen LogP contribution in [0.2, 0.25) is 0 Å². The molecule has 0 radical (unpaired) electrons. The second-order valence-corrected chi connectivity index (χ2v) is 8.97. The van der Waals surface area contributed by atoms with Crippen LogP contribution in [0.15, 0.2) is 0 Å². The minimum atomic E-state index is -2.41. The molecule has 19 heavy (non-hydrogen) atoms. The molecule has 1 saturated heterocycles. The fourth-order valence-electron chi connectivity index (χ4n) is 3.47. The fraction of sp³-hybridized carbons (Fsp3) is 1.00. The van der Waals surface area contributed by atoms with Crippen LogP contribution in [-0.4, -0.2) is 53.8 Å². The van der Waals surface area contributed by atoms with Crippen LogP contribution in [0.3, 0.4) is 0 Å². The molecular weight excluding hydrogens is 258 g/mol. The van der Waals surface area contributed by atoms with Crippen LogP contribution in [0, 0.1) is 5.92 Å². The second-order valence-electron chi connectivity index (χ2n) is 5.87. The summed E-state index contributed by atoms with van der Waals surface area (Å²) < 4.78 is 16.6. The van der Waals surface area contributed by atoms with Crippen LogP contribution in [0.25, 0.3) is 0 Å². The molecule has 2 rings (SSSR count). The molecule has 0 spiro atoms. The summed E-state index contributed by atoms with van der Waals surface area (Å²) in [5, 5.41) is 0. The Balaban J connectivity index is 1.66. The molecule has 5 heteroatoms. The normalized spacial score (nSPS) is 28.6. The van der Waals surface area contributed by atoms with Crippen molar-refractivity contribution in [2.75, 3.05) is 34.4 Å². The summed E-state index contributed by atoms with van der Waals surface area (Å²) >= 11 is 0. The van der Waals surface area contributed by atoms with Crippen LogP contribution in [0.1, 0.15) is 44.9 Å². The van der Waals surface area contributed by atoms with Crippen molar-refractivity contribution in [1.82, 2.24) is 4.90 Å². The van der Waals surface area contributed by atoms with E-state index in [-0.39, 0.29) is 0 Å². The standard InChI is InChI=1S/C14H29NO3Si/c1-16-19(17-2,18-3)14-12-15(14)11-7-10-13-8-5-4-6-9-13/h13-14H,4-12H2,1-3H3. The molecule has 0 N–H and O–H groups in total. The summed E-state index contributed by atoms with van der Waals surface area (Å²) in [6.45, 7) is 2.25. The molecule has 2 fully saturated rings. The average Bonchev–Trinajstić information content (AvgIpc) is 3.23. The first kappa shape index (κ1) is 15.4. The van der Waals surface area contributed by atoms with Crippen molar-refractivity contribution in [3.8, 4) is 0 Å². The largest absolute Gasteiger partial charge is 0.519 e. The zero-order chi connectivity index (χ0) is 13.7. The van der Waals surface area contributed by atoms with Gasteiger partial charge in [-0.05, 0) is 25.3 Å². The minimum absolute atomic E-state index is 0.388. The second kappa shape index (κ2) is 7.18. The maximum Gasteiger partial charge on any atom is 0.519 e.